The highest BCUT2D eigenvalue weighted by atomic mass is 16.5. The van der Waals surface area contributed by atoms with Crippen LogP contribution < -0.4 is 9.64 Å². The molecule has 12 aromatic rings. The predicted octanol–water partition coefficient (Wildman–Crippen LogP) is 18.2. The van der Waals surface area contributed by atoms with E-state index in [9.17, 15) is 0 Å². The van der Waals surface area contributed by atoms with Gasteiger partial charge in [-0.1, -0.05) is 182 Å². The Balaban J connectivity index is 1.04. The van der Waals surface area contributed by atoms with Crippen molar-refractivity contribution in [2.45, 2.75) is 5.41 Å². The third-order valence-electron chi connectivity index (χ3n) is 15.1. The fourth-order valence-electron chi connectivity index (χ4n) is 12.1. The number of hydrogen-bond acceptors (Lipinski definition) is 3. The molecule has 0 radical (unpaired) electrons. The monoisotopic (exact) mass is 891 g/mol. The third kappa shape index (κ3) is 5.52. The molecule has 2 aliphatic carbocycles. The van der Waals surface area contributed by atoms with E-state index in [1.165, 1.54) is 66.8 Å². The zero-order valence-electron chi connectivity index (χ0n) is 37.9. The summed E-state index contributed by atoms with van der Waals surface area (Å²) in [6.07, 6.45) is 0. The third-order valence-corrected chi connectivity index (χ3v) is 15.1. The molecule has 2 heterocycles. The summed E-state index contributed by atoms with van der Waals surface area (Å²) in [5, 5.41) is 2.26. The van der Waals surface area contributed by atoms with Crippen molar-refractivity contribution in [2.24, 2.45) is 0 Å². The highest BCUT2D eigenvalue weighted by Crippen LogP contribution is 2.63. The van der Waals surface area contributed by atoms with Gasteiger partial charge in [0.25, 0.3) is 0 Å². The van der Waals surface area contributed by atoms with Gasteiger partial charge in [-0.15, -0.1) is 0 Å². The Morgan fingerprint density at radius 1 is 0.271 bits per heavy atom. The van der Waals surface area contributed by atoms with E-state index in [0.29, 0.717) is 0 Å². The number of furan rings is 1. The number of para-hydroxylation sites is 3. The first-order valence-corrected chi connectivity index (χ1v) is 24.1. The molecule has 0 saturated heterocycles. The van der Waals surface area contributed by atoms with E-state index in [0.717, 1.165) is 72.8 Å². The summed E-state index contributed by atoms with van der Waals surface area (Å²) < 4.78 is 13.5. The van der Waals surface area contributed by atoms with Gasteiger partial charge in [0.1, 0.15) is 22.7 Å². The Kier molecular flexibility index (Phi) is 8.28. The van der Waals surface area contributed by atoms with Gasteiger partial charge in [-0.2, -0.15) is 0 Å². The standard InChI is InChI=1S/C67H41NO2/c1-2-16-42(17-3-1)43-30-32-44(33-31-43)68(45-34-36-49-53-22-8-13-27-63(53)69-64-28-14-9-23-54(64)56(49)38-45)46-35-37-52-48-19-5-4-18-47(48)50-20-6-11-25-59(50)67(61(52)39-46)60-26-12-7-21-51(60)57-40-58-55-24-10-15-29-65(55)70-66(58)41-62(57)67/h1-41H. The van der Waals surface area contributed by atoms with Crippen LogP contribution in [0, 0.1) is 0 Å². The number of benzene rings is 11. The second kappa shape index (κ2) is 14.9. The Bertz CT molecular complexity index is 4110. The molecule has 326 valence electrons. The number of rotatable bonds is 4. The van der Waals surface area contributed by atoms with Crippen LogP contribution in [0.1, 0.15) is 22.3 Å². The first-order chi connectivity index (χ1) is 34.7. The number of anilines is 3. The maximum atomic E-state index is 6.78. The number of fused-ring (bicyclic) bond motifs is 20. The van der Waals surface area contributed by atoms with Crippen molar-refractivity contribution in [3.8, 4) is 78.3 Å². The molecular weight excluding hydrogens is 851 g/mol. The molecule has 11 aromatic carbocycles. The number of hydrogen-bond donors (Lipinski definition) is 0. The summed E-state index contributed by atoms with van der Waals surface area (Å²) in [6, 6.07) is 90.9. The Labute approximate surface area is 405 Å². The minimum atomic E-state index is -0.726. The van der Waals surface area contributed by atoms with Gasteiger partial charge in [0.05, 0.1) is 5.41 Å². The largest absolute Gasteiger partial charge is 0.456 e. The summed E-state index contributed by atoms with van der Waals surface area (Å²) in [4.78, 5) is 2.44. The van der Waals surface area contributed by atoms with Gasteiger partial charge in [0.15, 0.2) is 0 Å². The Hall–Kier alpha value is -9.18. The van der Waals surface area contributed by atoms with Crippen LogP contribution in [0.2, 0.25) is 0 Å². The molecule has 0 amide bonds. The van der Waals surface area contributed by atoms with Gasteiger partial charge in [0.2, 0.25) is 0 Å². The first kappa shape index (κ1) is 38.9. The summed E-state index contributed by atoms with van der Waals surface area (Å²) in [7, 11) is 0. The minimum absolute atomic E-state index is 0.726. The number of nitrogens with zero attached hydrogens (tertiary/aromatic N) is 1. The molecule has 1 spiro atoms. The smallest absolute Gasteiger partial charge is 0.135 e. The quantitative estimate of drug-likeness (QED) is 0.176. The lowest BCUT2D eigenvalue weighted by Crippen LogP contribution is -2.29. The SMILES string of the molecule is c1ccc(-c2ccc(N(c3ccc4c(c3)-c3ccccc3Oc3ccccc3-4)c3ccc4c(c3)C3(c5ccccc5-c5ccccc5-4)c4ccccc4-c4cc5c(cc43)oc3ccccc35)cc2)cc1. The summed E-state index contributed by atoms with van der Waals surface area (Å²) >= 11 is 0. The topological polar surface area (TPSA) is 25.6 Å². The summed E-state index contributed by atoms with van der Waals surface area (Å²) in [5.74, 6) is 1.69. The lowest BCUT2D eigenvalue weighted by Gasteiger charge is -2.36. The molecule has 3 heteroatoms. The van der Waals surface area contributed by atoms with Crippen molar-refractivity contribution < 1.29 is 9.15 Å². The zero-order chi connectivity index (χ0) is 45.9. The highest BCUT2D eigenvalue weighted by Gasteiger charge is 2.50. The van der Waals surface area contributed by atoms with E-state index >= 15 is 0 Å². The Morgan fingerprint density at radius 2 is 0.757 bits per heavy atom. The lowest BCUT2D eigenvalue weighted by atomic mass is 9.65. The minimum Gasteiger partial charge on any atom is -0.456 e. The molecule has 1 aliphatic heterocycles. The highest BCUT2D eigenvalue weighted by molar-refractivity contribution is 6.09. The maximum Gasteiger partial charge on any atom is 0.135 e. The lowest BCUT2D eigenvalue weighted by molar-refractivity contribution is 0.488. The van der Waals surface area contributed by atoms with Gasteiger partial charge in [-0.3, -0.25) is 0 Å². The van der Waals surface area contributed by atoms with E-state index in [2.05, 4.69) is 248 Å². The fraction of sp³-hybridized carbons (Fsp3) is 0.0149. The molecule has 3 nitrogen and oxygen atoms in total. The van der Waals surface area contributed by atoms with Gasteiger partial charge in [0, 0.05) is 39.0 Å². The van der Waals surface area contributed by atoms with Gasteiger partial charge < -0.3 is 14.1 Å². The van der Waals surface area contributed by atoms with Crippen LogP contribution in [0.4, 0.5) is 17.1 Å². The van der Waals surface area contributed by atoms with Crippen LogP contribution in [0.25, 0.3) is 88.7 Å². The van der Waals surface area contributed by atoms with Crippen LogP contribution in [-0.2, 0) is 5.41 Å². The van der Waals surface area contributed by atoms with E-state index in [4.69, 9.17) is 9.15 Å². The van der Waals surface area contributed by atoms with Crippen molar-refractivity contribution in [1.82, 2.24) is 0 Å². The molecule has 1 atom stereocenters. The van der Waals surface area contributed by atoms with Crippen molar-refractivity contribution in [3.05, 3.63) is 271 Å². The van der Waals surface area contributed by atoms with Crippen molar-refractivity contribution in [1.29, 1.82) is 0 Å². The molecule has 15 rings (SSSR count). The van der Waals surface area contributed by atoms with Crippen molar-refractivity contribution >= 4 is 39.0 Å². The first-order valence-electron chi connectivity index (χ1n) is 24.1. The second-order valence-corrected chi connectivity index (χ2v) is 18.7. The van der Waals surface area contributed by atoms with Gasteiger partial charge >= 0.3 is 0 Å². The molecule has 0 saturated carbocycles. The molecule has 70 heavy (non-hydrogen) atoms. The van der Waals surface area contributed by atoms with E-state index in [-0.39, 0.29) is 0 Å². The van der Waals surface area contributed by atoms with E-state index in [1.54, 1.807) is 0 Å². The molecule has 3 aliphatic rings. The van der Waals surface area contributed by atoms with Crippen LogP contribution in [-0.4, -0.2) is 0 Å². The maximum absolute atomic E-state index is 6.78. The van der Waals surface area contributed by atoms with Crippen LogP contribution in [0.15, 0.2) is 253 Å². The predicted molar refractivity (Wildman–Crippen MR) is 287 cm³/mol. The Morgan fingerprint density at radius 3 is 1.47 bits per heavy atom. The van der Waals surface area contributed by atoms with Crippen molar-refractivity contribution in [3.63, 3.8) is 0 Å². The second-order valence-electron chi connectivity index (χ2n) is 18.7. The van der Waals surface area contributed by atoms with E-state index < -0.39 is 5.41 Å². The van der Waals surface area contributed by atoms with E-state index in [1.807, 2.05) is 6.07 Å². The van der Waals surface area contributed by atoms with Crippen LogP contribution in [0.3, 0.4) is 0 Å². The number of ether oxygens (including phenoxy) is 1. The van der Waals surface area contributed by atoms with Gasteiger partial charge in [-0.05, 0) is 145 Å². The fourth-order valence-corrected chi connectivity index (χ4v) is 12.1. The van der Waals surface area contributed by atoms with Gasteiger partial charge in [-0.25, -0.2) is 0 Å². The molecule has 0 fully saturated rings. The molecule has 0 bridgehead atoms. The summed E-state index contributed by atoms with van der Waals surface area (Å²) in [5.41, 5.74) is 23.2. The van der Waals surface area contributed by atoms with Crippen molar-refractivity contribution in [2.75, 3.05) is 4.90 Å². The molecular formula is C67H41NO2. The average molecular weight is 892 g/mol. The van der Waals surface area contributed by atoms with Crippen LogP contribution in [0.5, 0.6) is 11.5 Å². The average Bonchev–Trinajstić information content (AvgIpc) is 3.85. The molecule has 1 aromatic heterocycles. The summed E-state index contributed by atoms with van der Waals surface area (Å²) in [6.45, 7) is 0. The zero-order valence-corrected chi connectivity index (χ0v) is 37.9. The normalized spacial score (nSPS) is 14.5. The molecule has 1 unspecified atom stereocenters. The molecule has 0 N–H and O–H groups in total. The van der Waals surface area contributed by atoms with Crippen LogP contribution >= 0.6 is 0 Å².